The van der Waals surface area contributed by atoms with Crippen LogP contribution >= 0.6 is 139 Å². The zero-order valence-electron chi connectivity index (χ0n) is 47.6. The van der Waals surface area contributed by atoms with Crippen molar-refractivity contribution in [1.29, 1.82) is 0 Å². The average Bonchev–Trinajstić information content (AvgIpc) is 1.40. The Morgan fingerprint density at radius 3 is 1.16 bits per heavy atom. The van der Waals surface area contributed by atoms with Crippen LogP contribution in [0.5, 0.6) is 0 Å². The SMILES string of the molecule is CSCCNc1nc(SCCC(F)(F)F)nc2c1ncn2[C@@H]1O[C@H](COP(=O)(O)OP(=O)(O)C(Cl)(Cl)P(=O)([O-])[O-])[C@@H](O)[C@H]1O.CSCCNc1nc(SCCC(F)(F)F)nc2c1ncn2[C@@H]1O[C@H](COP(=O)(O)OP(=O)(O)C(Cl)(Cl)P(=O)([O-])[O-])[C@@H](O)[C@H]1O.[Na+].[Na+].[Na+].[Na+]. The number of hydrogen-bond donors (Lipinski definition) is 10. The molecule has 2 saturated heterocycles. The smallest absolute Gasteiger partial charge is 0.808 e. The van der Waals surface area contributed by atoms with Gasteiger partial charge in [-0.3, -0.25) is 27.3 Å². The summed E-state index contributed by atoms with van der Waals surface area (Å²) in [5.41, 5.74) is 0.193. The number of aliphatic hydroxyl groups is 4. The van der Waals surface area contributed by atoms with Crippen molar-refractivity contribution in [3.05, 3.63) is 12.7 Å². The third kappa shape index (κ3) is 25.4. The first kappa shape index (κ1) is 93.5. The number of fused-ring (bicyclic) bond motifs is 2. The van der Waals surface area contributed by atoms with Crippen molar-refractivity contribution in [1.82, 2.24) is 39.0 Å². The summed E-state index contributed by atoms with van der Waals surface area (Å²) in [6, 6.07) is 0. The molecule has 504 valence electrons. The zero-order valence-corrected chi connectivity index (χ0v) is 67.3. The number of alkyl halides is 10. The summed E-state index contributed by atoms with van der Waals surface area (Å²) in [4.78, 5) is 109. The van der Waals surface area contributed by atoms with Crippen LogP contribution in [-0.2, 0) is 54.5 Å². The molecule has 0 radical (unpaired) electrons. The van der Waals surface area contributed by atoms with Crippen molar-refractivity contribution in [2.45, 2.75) is 92.2 Å². The zero-order chi connectivity index (χ0) is 66.6. The van der Waals surface area contributed by atoms with E-state index in [0.29, 0.717) is 48.1 Å². The van der Waals surface area contributed by atoms with Gasteiger partial charge in [-0.05, 0) is 27.7 Å². The molecule has 0 bridgehead atoms. The van der Waals surface area contributed by atoms with Crippen molar-refractivity contribution in [2.24, 2.45) is 0 Å². The normalized spacial score (nSPS) is 23.3. The molecule has 2 fully saturated rings. The summed E-state index contributed by atoms with van der Waals surface area (Å²) in [5.74, 6) is 0.770. The molecule has 10 N–H and O–H groups in total. The van der Waals surface area contributed by atoms with Crippen LogP contribution < -0.4 is 148 Å². The number of aromatic nitrogens is 8. The van der Waals surface area contributed by atoms with Crippen LogP contribution in [-0.4, -0.2) is 197 Å². The van der Waals surface area contributed by atoms with E-state index in [9.17, 15) is 113 Å². The van der Waals surface area contributed by atoms with Crippen LogP contribution in [0.4, 0.5) is 38.0 Å². The van der Waals surface area contributed by atoms with Gasteiger partial charge in [-0.15, -0.1) is 0 Å². The van der Waals surface area contributed by atoms with Crippen LogP contribution in [0.25, 0.3) is 22.3 Å². The van der Waals surface area contributed by atoms with Gasteiger partial charge < -0.3 is 88.8 Å². The summed E-state index contributed by atoms with van der Waals surface area (Å²) in [5, 5.41) is 48.1. The summed E-state index contributed by atoms with van der Waals surface area (Å²) >= 11 is 24.7. The Bertz CT molecular complexity index is 3180. The molecular weight excluding hydrogens is 1590 g/mol. The minimum Gasteiger partial charge on any atom is -0.808 e. The molecule has 6 heterocycles. The van der Waals surface area contributed by atoms with Crippen molar-refractivity contribution in [3.8, 4) is 0 Å². The Balaban J connectivity index is 0.000000882. The number of hydrogen-bond acceptors (Lipinski definition) is 32. The molecule has 2 aliphatic heterocycles. The Morgan fingerprint density at radius 2 is 0.880 bits per heavy atom. The van der Waals surface area contributed by atoms with Crippen molar-refractivity contribution in [3.63, 3.8) is 0 Å². The van der Waals surface area contributed by atoms with Gasteiger partial charge >= 0.3 is 161 Å². The number of nitrogens with zero attached hydrogens (tertiary/aromatic N) is 8. The Morgan fingerprint density at radius 1 is 0.565 bits per heavy atom. The number of thioether (sulfide) groups is 4. The predicted octanol–water partition coefficient (Wildman–Crippen LogP) is -8.81. The van der Waals surface area contributed by atoms with Crippen molar-refractivity contribution in [2.75, 3.05) is 72.5 Å². The standard InChI is InChI=1S/2C17H25Cl2F3N5O12P3S2.4Na/c2*1-43-5-3-23-12-9-13(26-15(25-12)44-4-2-16(20,21)22)27(7-24-9)14-11(29)10(28)8(38-14)6-37-42(35,36)39-41(33,34)17(18,19)40(30,31)32;;;;/h2*7-8,10-11,14,28-29H,2-6H2,1H3,(H,33,34)(H,35,36)(H,23,25,26)(H2,30,31,32);;;;/q;;4*+1/p-4/t2*8-,10-,11-,14-;;;;/m11..../s1. The first-order valence-electron chi connectivity index (χ1n) is 23.4. The molecule has 4 aromatic rings. The molecule has 0 aliphatic carbocycles. The largest absolute Gasteiger partial charge is 1.00 e. The summed E-state index contributed by atoms with van der Waals surface area (Å²) in [7, 11) is -36.2. The van der Waals surface area contributed by atoms with Gasteiger partial charge in [0, 0.05) is 36.1 Å². The van der Waals surface area contributed by atoms with Gasteiger partial charge in [0.25, 0.3) is 0 Å². The molecule has 12 atom stereocenters. The fraction of sp³-hybridized carbons (Fsp3) is 0.706. The van der Waals surface area contributed by atoms with Gasteiger partial charge in [-0.25, -0.2) is 47.7 Å². The molecule has 4 aromatic heterocycles. The molecule has 92 heavy (non-hydrogen) atoms. The first-order chi connectivity index (χ1) is 40.2. The topological polar surface area (TPSA) is 523 Å². The van der Waals surface area contributed by atoms with Gasteiger partial charge in [0.05, 0.1) is 38.7 Å². The number of aliphatic hydroxyl groups excluding tert-OH is 4. The van der Waals surface area contributed by atoms with Crippen LogP contribution in [0.15, 0.2) is 23.0 Å². The maximum absolute atomic E-state index is 12.7. The Kier molecular flexibility index (Phi) is 38.6. The van der Waals surface area contributed by atoms with E-state index in [1.165, 1.54) is 23.5 Å². The number of halogens is 10. The van der Waals surface area contributed by atoms with Crippen LogP contribution in [0.1, 0.15) is 25.3 Å². The summed E-state index contributed by atoms with van der Waals surface area (Å²) in [6.07, 6.45) is -18.8. The number of ether oxygens (including phenoxy) is 2. The van der Waals surface area contributed by atoms with Crippen LogP contribution in [0.3, 0.4) is 0 Å². The second-order valence-electron chi connectivity index (χ2n) is 17.5. The van der Waals surface area contributed by atoms with Gasteiger partial charge in [0.2, 0.25) is 7.63 Å². The van der Waals surface area contributed by atoms with E-state index < -0.39 is 153 Å². The second-order valence-corrected chi connectivity index (χ2v) is 37.5. The molecule has 0 amide bonds. The quantitative estimate of drug-likeness (QED) is 0.00441. The number of imidazole rings is 2. The molecule has 4 unspecified atom stereocenters. The van der Waals surface area contributed by atoms with E-state index in [1.807, 2.05) is 12.5 Å². The van der Waals surface area contributed by atoms with Gasteiger partial charge in [-0.1, -0.05) is 69.9 Å². The van der Waals surface area contributed by atoms with Gasteiger partial charge in [0.15, 0.2) is 56.7 Å². The van der Waals surface area contributed by atoms with E-state index in [1.54, 1.807) is 0 Å². The summed E-state index contributed by atoms with van der Waals surface area (Å²) in [6.45, 7) is -1.47. The van der Waals surface area contributed by atoms with E-state index in [-0.39, 0.29) is 163 Å². The van der Waals surface area contributed by atoms with Crippen LogP contribution in [0.2, 0.25) is 0 Å². The van der Waals surface area contributed by atoms with E-state index >= 15 is 0 Å². The van der Waals surface area contributed by atoms with E-state index in [2.05, 4.69) is 58.2 Å². The average molecular weight is 1640 g/mol. The Hall–Kier alpha value is 3.50. The fourth-order valence-electron chi connectivity index (χ4n) is 6.86. The molecule has 0 saturated carbocycles. The molecule has 2 aliphatic rings. The molecule has 6 rings (SSSR count). The van der Waals surface area contributed by atoms with E-state index in [4.69, 9.17) is 55.9 Å². The molecule has 34 nitrogen and oxygen atoms in total. The maximum atomic E-state index is 12.7. The third-order valence-electron chi connectivity index (χ3n) is 11.0. The van der Waals surface area contributed by atoms with Gasteiger partial charge in [0.1, 0.15) is 36.6 Å². The van der Waals surface area contributed by atoms with Gasteiger partial charge in [-0.2, -0.15) is 49.9 Å². The first-order valence-corrected chi connectivity index (χ1v) is 38.9. The minimum absolute atomic E-state index is 0. The van der Waals surface area contributed by atoms with E-state index in [0.717, 1.165) is 21.8 Å². The number of nitrogens with one attached hydrogen (secondary N) is 2. The molecule has 0 aromatic carbocycles. The van der Waals surface area contributed by atoms with Crippen molar-refractivity contribution < 1.29 is 259 Å². The number of anilines is 2. The van der Waals surface area contributed by atoms with Crippen molar-refractivity contribution >= 4 is 173 Å². The third-order valence-corrected chi connectivity index (χ3v) is 29.0. The number of rotatable bonds is 30. The number of phosphoric ester groups is 2. The number of phosphoric acid groups is 2. The molecule has 58 heteroatoms. The predicted molar refractivity (Wildman–Crippen MR) is 296 cm³/mol. The Labute approximate surface area is 640 Å². The molecule has 0 spiro atoms. The fourth-order valence-corrected chi connectivity index (χ4v) is 17.4. The maximum Gasteiger partial charge on any atom is 1.00 e. The van der Waals surface area contributed by atoms with Crippen LogP contribution in [0, 0.1) is 0 Å². The second kappa shape index (κ2) is 38.0. The molecular formula is C34H46Cl4F6N10Na4O24P6S4. The monoisotopic (exact) mass is 1640 g/mol. The summed E-state index contributed by atoms with van der Waals surface area (Å²) < 4.78 is 169. The minimum atomic E-state index is -6.29.